The third-order valence-corrected chi connectivity index (χ3v) is 3.76. The normalized spacial score (nSPS) is 10.5. The van der Waals surface area contributed by atoms with Crippen molar-refractivity contribution in [3.05, 3.63) is 58.6 Å². The molecule has 0 aliphatic heterocycles. The van der Waals surface area contributed by atoms with Gasteiger partial charge in [-0.25, -0.2) is 0 Å². The lowest BCUT2D eigenvalue weighted by molar-refractivity contribution is -0.118. The number of halogens is 1. The molecule has 0 saturated heterocycles. The van der Waals surface area contributed by atoms with Crippen molar-refractivity contribution in [1.29, 1.82) is 0 Å². The molecule has 110 valence electrons. The third-order valence-electron chi connectivity index (χ3n) is 3.06. The van der Waals surface area contributed by atoms with Crippen LogP contribution in [0.1, 0.15) is 25.3 Å². The number of anilines is 1. The quantitative estimate of drug-likeness (QED) is 0.858. The fourth-order valence-electron chi connectivity index (χ4n) is 1.85. The topological polar surface area (TPSA) is 38.3 Å². The Morgan fingerprint density at radius 2 is 1.81 bits per heavy atom. The summed E-state index contributed by atoms with van der Waals surface area (Å²) in [6, 6.07) is 15.3. The molecule has 2 aromatic rings. The molecule has 0 radical (unpaired) electrons. The molecular formula is C17H18BrNO2. The van der Waals surface area contributed by atoms with Gasteiger partial charge >= 0.3 is 0 Å². The summed E-state index contributed by atoms with van der Waals surface area (Å²) in [4.78, 5) is 11.9. The molecule has 0 heterocycles. The van der Waals surface area contributed by atoms with Gasteiger partial charge in [0.25, 0.3) is 5.91 Å². The van der Waals surface area contributed by atoms with Crippen molar-refractivity contribution in [2.24, 2.45) is 0 Å². The van der Waals surface area contributed by atoms with Crippen molar-refractivity contribution in [2.75, 3.05) is 11.9 Å². The first kappa shape index (κ1) is 15.6. The van der Waals surface area contributed by atoms with E-state index in [-0.39, 0.29) is 12.5 Å². The van der Waals surface area contributed by atoms with Crippen molar-refractivity contribution in [3.63, 3.8) is 0 Å². The second kappa shape index (κ2) is 7.27. The zero-order chi connectivity index (χ0) is 15.2. The number of hydrogen-bond donors (Lipinski definition) is 1. The van der Waals surface area contributed by atoms with E-state index in [1.54, 1.807) is 0 Å². The highest BCUT2D eigenvalue weighted by Crippen LogP contribution is 2.21. The average Bonchev–Trinajstić information content (AvgIpc) is 2.48. The Balaban J connectivity index is 1.88. The summed E-state index contributed by atoms with van der Waals surface area (Å²) in [6.45, 7) is 4.27. The minimum atomic E-state index is -0.185. The van der Waals surface area contributed by atoms with E-state index < -0.39 is 0 Å². The van der Waals surface area contributed by atoms with Gasteiger partial charge in [-0.3, -0.25) is 4.79 Å². The monoisotopic (exact) mass is 347 g/mol. The molecule has 4 heteroatoms. The molecule has 0 spiro atoms. The van der Waals surface area contributed by atoms with Crippen LogP contribution in [0.15, 0.2) is 53.0 Å². The number of hydrogen-bond acceptors (Lipinski definition) is 2. The minimum Gasteiger partial charge on any atom is -0.484 e. The molecule has 2 aromatic carbocycles. The molecule has 3 nitrogen and oxygen atoms in total. The summed E-state index contributed by atoms with van der Waals surface area (Å²) in [5.74, 6) is 0.995. The van der Waals surface area contributed by atoms with E-state index in [1.165, 1.54) is 5.56 Å². The number of nitrogens with one attached hydrogen (secondary N) is 1. The number of benzene rings is 2. The van der Waals surface area contributed by atoms with Crippen LogP contribution in [0.5, 0.6) is 5.75 Å². The van der Waals surface area contributed by atoms with E-state index in [2.05, 4.69) is 35.1 Å². The van der Waals surface area contributed by atoms with E-state index in [4.69, 9.17) is 4.74 Å². The van der Waals surface area contributed by atoms with Gasteiger partial charge in [0.1, 0.15) is 5.75 Å². The van der Waals surface area contributed by atoms with Crippen LogP contribution in [-0.4, -0.2) is 12.5 Å². The smallest absolute Gasteiger partial charge is 0.262 e. The maximum Gasteiger partial charge on any atom is 0.262 e. The second-order valence-electron chi connectivity index (χ2n) is 5.04. The zero-order valence-corrected chi connectivity index (χ0v) is 13.7. The number of carbonyl (C=O) groups is 1. The van der Waals surface area contributed by atoms with Gasteiger partial charge in [0, 0.05) is 4.47 Å². The zero-order valence-electron chi connectivity index (χ0n) is 12.1. The fraction of sp³-hybridized carbons (Fsp3) is 0.235. The van der Waals surface area contributed by atoms with Gasteiger partial charge in [0.2, 0.25) is 0 Å². The Labute approximate surface area is 133 Å². The van der Waals surface area contributed by atoms with Gasteiger partial charge in [0.05, 0.1) is 5.69 Å². The molecule has 0 aromatic heterocycles. The van der Waals surface area contributed by atoms with Gasteiger partial charge < -0.3 is 10.1 Å². The second-order valence-corrected chi connectivity index (χ2v) is 5.89. The first-order chi connectivity index (χ1) is 10.1. The first-order valence-corrected chi connectivity index (χ1v) is 7.62. The van der Waals surface area contributed by atoms with Crippen LogP contribution in [0.3, 0.4) is 0 Å². The van der Waals surface area contributed by atoms with Gasteiger partial charge in [-0.15, -0.1) is 0 Å². The first-order valence-electron chi connectivity index (χ1n) is 6.83. The van der Waals surface area contributed by atoms with E-state index in [0.29, 0.717) is 11.7 Å². The molecule has 0 unspecified atom stereocenters. The summed E-state index contributed by atoms with van der Waals surface area (Å²) in [7, 11) is 0. The van der Waals surface area contributed by atoms with Crippen LogP contribution < -0.4 is 10.1 Å². The van der Waals surface area contributed by atoms with Gasteiger partial charge in [-0.05, 0) is 51.7 Å². The third kappa shape index (κ3) is 4.60. The van der Waals surface area contributed by atoms with Crippen molar-refractivity contribution in [1.82, 2.24) is 0 Å². The Morgan fingerprint density at radius 3 is 2.43 bits per heavy atom. The number of ether oxygens (including phenoxy) is 1. The maximum atomic E-state index is 11.9. The Hall–Kier alpha value is -1.81. The maximum absolute atomic E-state index is 11.9. The Kier molecular flexibility index (Phi) is 5.39. The number of rotatable bonds is 5. The fourth-order valence-corrected chi connectivity index (χ4v) is 2.23. The number of carbonyl (C=O) groups excluding carboxylic acids is 1. The predicted molar refractivity (Wildman–Crippen MR) is 88.8 cm³/mol. The highest BCUT2D eigenvalue weighted by Gasteiger charge is 2.06. The van der Waals surface area contributed by atoms with Crippen molar-refractivity contribution < 1.29 is 9.53 Å². The van der Waals surface area contributed by atoms with Crippen LogP contribution in [0.4, 0.5) is 5.69 Å². The molecule has 0 bridgehead atoms. The standard InChI is InChI=1S/C17H18BrNO2/c1-12(2)13-7-9-14(10-8-13)21-11-17(20)19-16-6-4-3-5-15(16)18/h3-10,12H,11H2,1-2H3,(H,19,20). The molecule has 2 rings (SSSR count). The highest BCUT2D eigenvalue weighted by molar-refractivity contribution is 9.10. The lowest BCUT2D eigenvalue weighted by atomic mass is 10.0. The molecule has 0 fully saturated rings. The molecule has 1 N–H and O–H groups in total. The van der Waals surface area contributed by atoms with E-state index in [0.717, 1.165) is 10.2 Å². The minimum absolute atomic E-state index is 0.0115. The van der Waals surface area contributed by atoms with Gasteiger partial charge in [-0.2, -0.15) is 0 Å². The number of amides is 1. The van der Waals surface area contributed by atoms with E-state index in [9.17, 15) is 4.79 Å². The van der Waals surface area contributed by atoms with E-state index >= 15 is 0 Å². The van der Waals surface area contributed by atoms with Crippen LogP contribution >= 0.6 is 15.9 Å². The Morgan fingerprint density at radius 1 is 1.14 bits per heavy atom. The average molecular weight is 348 g/mol. The van der Waals surface area contributed by atoms with Crippen molar-refractivity contribution >= 4 is 27.5 Å². The van der Waals surface area contributed by atoms with Crippen molar-refractivity contribution in [3.8, 4) is 5.75 Å². The molecule has 0 aliphatic carbocycles. The largest absolute Gasteiger partial charge is 0.484 e. The SMILES string of the molecule is CC(C)c1ccc(OCC(=O)Nc2ccccc2Br)cc1. The van der Waals surface area contributed by atoms with Crippen LogP contribution in [-0.2, 0) is 4.79 Å². The molecule has 21 heavy (non-hydrogen) atoms. The lowest BCUT2D eigenvalue weighted by Gasteiger charge is -2.10. The summed E-state index contributed by atoms with van der Waals surface area (Å²) in [5, 5.41) is 2.80. The molecule has 0 atom stereocenters. The summed E-state index contributed by atoms with van der Waals surface area (Å²) < 4.78 is 6.33. The van der Waals surface area contributed by atoms with Gasteiger partial charge in [-0.1, -0.05) is 38.1 Å². The molecule has 0 aliphatic rings. The van der Waals surface area contributed by atoms with Gasteiger partial charge in [0.15, 0.2) is 6.61 Å². The molecule has 0 saturated carbocycles. The highest BCUT2D eigenvalue weighted by atomic mass is 79.9. The van der Waals surface area contributed by atoms with Crippen LogP contribution in [0.25, 0.3) is 0 Å². The molecular weight excluding hydrogens is 330 g/mol. The summed E-state index contributed by atoms with van der Waals surface area (Å²) in [5.41, 5.74) is 1.99. The summed E-state index contributed by atoms with van der Waals surface area (Å²) >= 11 is 3.39. The number of para-hydroxylation sites is 1. The Bertz CT molecular complexity index is 608. The van der Waals surface area contributed by atoms with Crippen LogP contribution in [0, 0.1) is 0 Å². The van der Waals surface area contributed by atoms with Crippen molar-refractivity contribution in [2.45, 2.75) is 19.8 Å². The summed E-state index contributed by atoms with van der Waals surface area (Å²) in [6.07, 6.45) is 0. The lowest BCUT2D eigenvalue weighted by Crippen LogP contribution is -2.20. The van der Waals surface area contributed by atoms with E-state index in [1.807, 2.05) is 48.5 Å². The van der Waals surface area contributed by atoms with Crippen LogP contribution in [0.2, 0.25) is 0 Å². The predicted octanol–water partition coefficient (Wildman–Crippen LogP) is 4.59. The molecule has 1 amide bonds.